The lowest BCUT2D eigenvalue weighted by Crippen LogP contribution is -2.27. The predicted molar refractivity (Wildman–Crippen MR) is 139 cm³/mol. The molecule has 0 radical (unpaired) electrons. The molecule has 0 aliphatic rings. The molecule has 176 valence electrons. The number of nitrogens with one attached hydrogen (secondary N) is 1. The molecule has 6 nitrogen and oxygen atoms in total. The van der Waals surface area contributed by atoms with Crippen LogP contribution in [0.2, 0.25) is 0 Å². The predicted octanol–water partition coefficient (Wildman–Crippen LogP) is 5.91. The molecule has 1 amide bonds. The molecule has 1 aromatic heterocycles. The molecule has 34 heavy (non-hydrogen) atoms. The van der Waals surface area contributed by atoms with Crippen LogP contribution in [0.15, 0.2) is 65.6 Å². The summed E-state index contributed by atoms with van der Waals surface area (Å²) in [5.74, 6) is 0.0985. The average Bonchev–Trinajstić information content (AvgIpc) is 3.24. The standard InChI is InChI=1S/C26H26N2O4S2/c1-16-6-8-18(3)21(12-16)27-26(29)24-15-19-14-20(9-11-23(19)33-24)28(4)34(30,31)25-13-17(2)7-10-22(25)32-5/h6-15H,1-5H3,(H,27,29). The molecule has 4 aromatic rings. The van der Waals surface area contributed by atoms with Gasteiger partial charge in [0.1, 0.15) is 10.6 Å². The van der Waals surface area contributed by atoms with Crippen LogP contribution in [-0.2, 0) is 10.0 Å². The highest BCUT2D eigenvalue weighted by molar-refractivity contribution is 7.93. The number of nitrogens with zero attached hydrogens (tertiary/aromatic N) is 1. The van der Waals surface area contributed by atoms with Gasteiger partial charge in [0, 0.05) is 17.4 Å². The Morgan fingerprint density at radius 1 is 0.941 bits per heavy atom. The van der Waals surface area contributed by atoms with E-state index in [0.717, 1.165) is 32.5 Å². The quantitative estimate of drug-likeness (QED) is 0.361. The van der Waals surface area contributed by atoms with Crippen LogP contribution in [0.1, 0.15) is 26.4 Å². The zero-order valence-electron chi connectivity index (χ0n) is 19.7. The third-order valence-corrected chi connectivity index (χ3v) is 8.61. The fourth-order valence-corrected chi connectivity index (χ4v) is 6.03. The van der Waals surface area contributed by atoms with Crippen molar-refractivity contribution >= 4 is 48.7 Å². The van der Waals surface area contributed by atoms with Crippen LogP contribution in [-0.4, -0.2) is 28.5 Å². The van der Waals surface area contributed by atoms with Gasteiger partial charge in [0.05, 0.1) is 17.7 Å². The van der Waals surface area contributed by atoms with Crippen molar-refractivity contribution in [3.8, 4) is 5.75 Å². The Kier molecular flexibility index (Phi) is 6.38. The molecule has 0 aliphatic heterocycles. The van der Waals surface area contributed by atoms with Crippen molar-refractivity contribution in [2.45, 2.75) is 25.7 Å². The van der Waals surface area contributed by atoms with Crippen LogP contribution < -0.4 is 14.4 Å². The fourth-order valence-electron chi connectivity index (χ4n) is 3.66. The van der Waals surface area contributed by atoms with Crippen molar-refractivity contribution in [2.75, 3.05) is 23.8 Å². The van der Waals surface area contributed by atoms with Crippen LogP contribution in [0, 0.1) is 20.8 Å². The number of aryl methyl sites for hydroxylation is 3. The minimum atomic E-state index is -3.85. The minimum Gasteiger partial charge on any atom is -0.495 e. The molecule has 0 fully saturated rings. The van der Waals surface area contributed by atoms with E-state index >= 15 is 0 Å². The Hall–Kier alpha value is -3.36. The number of rotatable bonds is 6. The maximum absolute atomic E-state index is 13.4. The van der Waals surface area contributed by atoms with E-state index in [1.807, 2.05) is 45.0 Å². The monoisotopic (exact) mass is 494 g/mol. The largest absolute Gasteiger partial charge is 0.495 e. The van der Waals surface area contributed by atoms with Crippen molar-refractivity contribution < 1.29 is 17.9 Å². The maximum atomic E-state index is 13.4. The summed E-state index contributed by atoms with van der Waals surface area (Å²) in [5.41, 5.74) is 4.15. The number of ether oxygens (including phenoxy) is 1. The normalized spacial score (nSPS) is 11.4. The molecular weight excluding hydrogens is 468 g/mol. The van der Waals surface area contributed by atoms with E-state index in [9.17, 15) is 13.2 Å². The Labute approximate surface area is 203 Å². The number of anilines is 2. The first-order valence-corrected chi connectivity index (χ1v) is 12.9. The topological polar surface area (TPSA) is 75.7 Å². The maximum Gasteiger partial charge on any atom is 0.267 e. The lowest BCUT2D eigenvalue weighted by molar-refractivity contribution is 0.103. The summed E-state index contributed by atoms with van der Waals surface area (Å²) in [6, 6.07) is 18.1. The second kappa shape index (κ2) is 9.12. The van der Waals surface area contributed by atoms with Gasteiger partial charge in [-0.25, -0.2) is 8.42 Å². The second-order valence-corrected chi connectivity index (χ2v) is 11.3. The van der Waals surface area contributed by atoms with Crippen LogP contribution in [0.25, 0.3) is 10.1 Å². The van der Waals surface area contributed by atoms with Crippen LogP contribution in [0.3, 0.4) is 0 Å². The van der Waals surface area contributed by atoms with Gasteiger partial charge in [-0.3, -0.25) is 9.10 Å². The van der Waals surface area contributed by atoms with E-state index in [-0.39, 0.29) is 10.8 Å². The number of benzene rings is 3. The summed E-state index contributed by atoms with van der Waals surface area (Å²) in [7, 11) is -0.890. The smallest absolute Gasteiger partial charge is 0.267 e. The number of hydrogen-bond acceptors (Lipinski definition) is 5. The second-order valence-electron chi connectivity index (χ2n) is 8.23. The first-order valence-electron chi connectivity index (χ1n) is 10.7. The van der Waals surface area contributed by atoms with Crippen LogP contribution >= 0.6 is 11.3 Å². The molecular formula is C26H26N2O4S2. The van der Waals surface area contributed by atoms with Crippen LogP contribution in [0.5, 0.6) is 5.75 Å². The zero-order valence-corrected chi connectivity index (χ0v) is 21.3. The molecule has 3 aromatic carbocycles. The van der Waals surface area contributed by atoms with Gasteiger partial charge >= 0.3 is 0 Å². The third-order valence-electron chi connectivity index (χ3n) is 5.69. The molecule has 4 rings (SSSR count). The first kappa shape index (κ1) is 23.8. The van der Waals surface area contributed by atoms with E-state index in [4.69, 9.17) is 4.74 Å². The molecule has 0 saturated heterocycles. The SMILES string of the molecule is COc1ccc(C)cc1S(=O)(=O)N(C)c1ccc2sc(C(=O)Nc3cc(C)ccc3C)cc2c1. The summed E-state index contributed by atoms with van der Waals surface area (Å²) >= 11 is 1.37. The van der Waals surface area contributed by atoms with E-state index in [1.54, 1.807) is 36.4 Å². The van der Waals surface area contributed by atoms with Gasteiger partial charge in [0.15, 0.2) is 0 Å². The van der Waals surface area contributed by atoms with Gasteiger partial charge in [-0.1, -0.05) is 18.2 Å². The highest BCUT2D eigenvalue weighted by Gasteiger charge is 2.26. The molecule has 0 aliphatic carbocycles. The van der Waals surface area contributed by atoms with Gasteiger partial charge in [0.25, 0.3) is 15.9 Å². The van der Waals surface area contributed by atoms with Gasteiger partial charge in [-0.15, -0.1) is 11.3 Å². The number of methoxy groups -OCH3 is 1. The molecule has 0 bridgehead atoms. The fraction of sp³-hybridized carbons (Fsp3) is 0.192. The molecule has 1 N–H and O–H groups in total. The number of carbonyl (C=O) groups is 1. The molecule has 8 heteroatoms. The van der Waals surface area contributed by atoms with E-state index in [1.165, 1.54) is 29.8 Å². The highest BCUT2D eigenvalue weighted by Crippen LogP contribution is 2.34. The molecule has 0 saturated carbocycles. The Balaban J connectivity index is 1.65. The van der Waals surface area contributed by atoms with Gasteiger partial charge in [-0.2, -0.15) is 0 Å². The average molecular weight is 495 g/mol. The summed E-state index contributed by atoms with van der Waals surface area (Å²) in [4.78, 5) is 13.6. The van der Waals surface area contributed by atoms with Crippen molar-refractivity contribution in [3.05, 3.63) is 82.2 Å². The number of hydrogen-bond donors (Lipinski definition) is 1. The molecule has 0 atom stereocenters. The number of amides is 1. The minimum absolute atomic E-state index is 0.108. The number of thiophene rings is 1. The molecule has 0 unspecified atom stereocenters. The summed E-state index contributed by atoms with van der Waals surface area (Å²) in [5, 5.41) is 3.78. The van der Waals surface area contributed by atoms with Crippen molar-refractivity contribution in [1.82, 2.24) is 0 Å². The number of fused-ring (bicyclic) bond motifs is 1. The first-order chi connectivity index (χ1) is 16.1. The summed E-state index contributed by atoms with van der Waals surface area (Å²) in [6.07, 6.45) is 0. The van der Waals surface area contributed by atoms with Crippen molar-refractivity contribution in [2.24, 2.45) is 0 Å². The Morgan fingerprint density at radius 2 is 1.65 bits per heavy atom. The van der Waals surface area contributed by atoms with Crippen molar-refractivity contribution in [3.63, 3.8) is 0 Å². The van der Waals surface area contributed by atoms with Crippen molar-refractivity contribution in [1.29, 1.82) is 0 Å². The molecule has 0 spiro atoms. The van der Waals surface area contributed by atoms with E-state index in [0.29, 0.717) is 16.3 Å². The van der Waals surface area contributed by atoms with Gasteiger partial charge in [-0.05, 0) is 85.3 Å². The highest BCUT2D eigenvalue weighted by atomic mass is 32.2. The van der Waals surface area contributed by atoms with E-state index < -0.39 is 10.0 Å². The van der Waals surface area contributed by atoms with Crippen LogP contribution in [0.4, 0.5) is 11.4 Å². The Morgan fingerprint density at radius 3 is 2.38 bits per heavy atom. The molecule has 1 heterocycles. The third kappa shape index (κ3) is 4.51. The lowest BCUT2D eigenvalue weighted by atomic mass is 10.1. The summed E-state index contributed by atoms with van der Waals surface area (Å²) < 4.78 is 34.1. The van der Waals surface area contributed by atoms with Gasteiger partial charge in [0.2, 0.25) is 0 Å². The summed E-state index contributed by atoms with van der Waals surface area (Å²) in [6.45, 7) is 5.76. The number of carbonyl (C=O) groups excluding carboxylic acids is 1. The Bertz CT molecular complexity index is 1510. The van der Waals surface area contributed by atoms with Gasteiger partial charge < -0.3 is 10.1 Å². The number of sulfonamides is 1. The van der Waals surface area contributed by atoms with E-state index in [2.05, 4.69) is 5.32 Å². The zero-order chi connectivity index (χ0) is 24.6. The lowest BCUT2D eigenvalue weighted by Gasteiger charge is -2.21.